The van der Waals surface area contributed by atoms with E-state index in [-0.39, 0.29) is 23.5 Å². The fourth-order valence-corrected chi connectivity index (χ4v) is 4.01. The van der Waals surface area contributed by atoms with Crippen LogP contribution < -0.4 is 4.74 Å². The molecule has 0 saturated heterocycles. The number of aryl methyl sites for hydroxylation is 1. The molecule has 0 aliphatic rings. The third-order valence-electron chi connectivity index (χ3n) is 4.50. The van der Waals surface area contributed by atoms with Crippen LogP contribution in [0.25, 0.3) is 22.6 Å². The van der Waals surface area contributed by atoms with Gasteiger partial charge in [-0.1, -0.05) is 6.92 Å². The molecule has 3 aromatic heterocycles. The van der Waals surface area contributed by atoms with E-state index in [0.29, 0.717) is 18.3 Å². The van der Waals surface area contributed by atoms with Crippen LogP contribution in [0.2, 0.25) is 0 Å². The number of nitrogens with zero attached hydrogens (tertiary/aromatic N) is 4. The molecule has 0 spiro atoms. The van der Waals surface area contributed by atoms with Crippen LogP contribution >= 0.6 is 0 Å². The van der Waals surface area contributed by atoms with E-state index >= 15 is 0 Å². The second kappa shape index (κ2) is 7.90. The van der Waals surface area contributed by atoms with Gasteiger partial charge in [0.05, 0.1) is 28.3 Å². The van der Waals surface area contributed by atoms with Gasteiger partial charge in [-0.05, 0) is 19.1 Å². The number of alkyl halides is 6. The number of pyridine rings is 2. The number of ether oxygens (including phenoxy) is 1. The van der Waals surface area contributed by atoms with E-state index in [1.165, 1.54) is 25.5 Å². The number of hydrogen-bond acceptors (Lipinski definition) is 6. The molecular formula is C18H16F6N4O3S. The van der Waals surface area contributed by atoms with Crippen LogP contribution in [0.3, 0.4) is 0 Å². The molecule has 0 fully saturated rings. The van der Waals surface area contributed by atoms with Crippen molar-refractivity contribution in [2.45, 2.75) is 31.1 Å². The third-order valence-corrected chi connectivity index (χ3v) is 6.24. The number of rotatable bonds is 5. The predicted octanol–water partition coefficient (Wildman–Crippen LogP) is 4.26. The Morgan fingerprint density at radius 1 is 1.03 bits per heavy atom. The summed E-state index contributed by atoms with van der Waals surface area (Å²) in [5, 5.41) is 0. The smallest absolute Gasteiger partial charge is 0.433 e. The lowest BCUT2D eigenvalue weighted by molar-refractivity contribution is -0.141. The normalized spacial score (nSPS) is 13.0. The van der Waals surface area contributed by atoms with E-state index in [9.17, 15) is 34.8 Å². The van der Waals surface area contributed by atoms with Crippen molar-refractivity contribution in [3.8, 4) is 17.4 Å². The minimum Gasteiger partial charge on any atom is -0.476 e. The Labute approximate surface area is 178 Å². The standard InChI is InChI=1S/C18H16F6N4O3S/c1-4-31-16-14-10(7-12(27-16)18(22,23)24)26-15(28(14)3)13-11(32(29,30)5-2)6-9(8-25-13)17(19,20)21/h6-8H,4-5H2,1-3H3. The maximum atomic E-state index is 13.2. The first-order valence-electron chi connectivity index (χ1n) is 9.08. The molecule has 3 heterocycles. The largest absolute Gasteiger partial charge is 0.476 e. The molecular weight excluding hydrogens is 466 g/mol. The highest BCUT2D eigenvalue weighted by Gasteiger charge is 2.36. The number of fused-ring (bicyclic) bond motifs is 1. The molecule has 0 N–H and O–H groups in total. The molecule has 0 aromatic carbocycles. The lowest BCUT2D eigenvalue weighted by Gasteiger charge is -2.13. The molecule has 0 saturated carbocycles. The number of sulfone groups is 1. The van der Waals surface area contributed by atoms with Gasteiger partial charge in [-0.25, -0.2) is 18.4 Å². The molecule has 0 amide bonds. The first kappa shape index (κ1) is 23.8. The maximum absolute atomic E-state index is 13.2. The van der Waals surface area contributed by atoms with Crippen molar-refractivity contribution in [1.82, 2.24) is 19.5 Å². The first-order chi connectivity index (χ1) is 14.7. The van der Waals surface area contributed by atoms with Crippen molar-refractivity contribution < 1.29 is 39.5 Å². The molecule has 3 rings (SSSR count). The lowest BCUT2D eigenvalue weighted by Crippen LogP contribution is -2.13. The number of imidazole rings is 1. The van der Waals surface area contributed by atoms with Crippen molar-refractivity contribution in [3.63, 3.8) is 0 Å². The zero-order chi connectivity index (χ0) is 24.1. The molecule has 0 aliphatic carbocycles. The second-order valence-electron chi connectivity index (χ2n) is 6.58. The van der Waals surface area contributed by atoms with Crippen LogP contribution in [0, 0.1) is 0 Å². The molecule has 0 radical (unpaired) electrons. The molecule has 0 unspecified atom stereocenters. The summed E-state index contributed by atoms with van der Waals surface area (Å²) < 4.78 is 111. The van der Waals surface area contributed by atoms with E-state index in [2.05, 4.69) is 15.0 Å². The van der Waals surface area contributed by atoms with Crippen LogP contribution in [0.15, 0.2) is 23.2 Å². The van der Waals surface area contributed by atoms with Gasteiger partial charge in [0, 0.05) is 13.2 Å². The Bertz CT molecular complexity index is 1280. The van der Waals surface area contributed by atoms with Crippen molar-refractivity contribution in [2.24, 2.45) is 7.05 Å². The first-order valence-corrected chi connectivity index (χ1v) is 10.7. The Kier molecular flexibility index (Phi) is 5.87. The molecule has 32 heavy (non-hydrogen) atoms. The summed E-state index contributed by atoms with van der Waals surface area (Å²) in [6.45, 7) is 2.73. The summed E-state index contributed by atoms with van der Waals surface area (Å²) in [6.07, 6.45) is -9.24. The van der Waals surface area contributed by atoms with Crippen LogP contribution in [0.1, 0.15) is 25.1 Å². The Morgan fingerprint density at radius 2 is 1.69 bits per heavy atom. The van der Waals surface area contributed by atoms with Crippen LogP contribution in [-0.4, -0.2) is 40.3 Å². The fourth-order valence-electron chi connectivity index (χ4n) is 2.95. The fraction of sp³-hybridized carbons (Fsp3) is 0.389. The van der Waals surface area contributed by atoms with E-state index in [0.717, 1.165) is 0 Å². The number of hydrogen-bond donors (Lipinski definition) is 0. The second-order valence-corrected chi connectivity index (χ2v) is 8.82. The van der Waals surface area contributed by atoms with Gasteiger partial charge in [-0.2, -0.15) is 26.3 Å². The minimum absolute atomic E-state index is 0.00334. The summed E-state index contributed by atoms with van der Waals surface area (Å²) in [6, 6.07) is 1.07. The number of halogens is 6. The summed E-state index contributed by atoms with van der Waals surface area (Å²) in [5.41, 5.74) is -3.26. The minimum atomic E-state index is -4.86. The van der Waals surface area contributed by atoms with Crippen LogP contribution in [-0.2, 0) is 29.2 Å². The Balaban J connectivity index is 2.37. The Hall–Kier alpha value is -2.90. The van der Waals surface area contributed by atoms with Crippen molar-refractivity contribution >= 4 is 20.9 Å². The van der Waals surface area contributed by atoms with Gasteiger partial charge < -0.3 is 9.30 Å². The summed E-state index contributed by atoms with van der Waals surface area (Å²) >= 11 is 0. The molecule has 0 aliphatic heterocycles. The van der Waals surface area contributed by atoms with E-state index in [1.54, 1.807) is 0 Å². The Morgan fingerprint density at radius 3 is 2.22 bits per heavy atom. The third kappa shape index (κ3) is 4.23. The zero-order valence-corrected chi connectivity index (χ0v) is 17.7. The zero-order valence-electron chi connectivity index (χ0n) is 16.8. The van der Waals surface area contributed by atoms with E-state index < -0.39 is 55.7 Å². The predicted molar refractivity (Wildman–Crippen MR) is 101 cm³/mol. The SMILES string of the molecule is CCOc1nc(C(F)(F)F)cc2nc(-c3ncc(C(F)(F)F)cc3S(=O)(=O)CC)n(C)c12. The summed E-state index contributed by atoms with van der Waals surface area (Å²) in [4.78, 5) is 10.4. The maximum Gasteiger partial charge on any atom is 0.433 e. The molecule has 0 bridgehead atoms. The molecule has 3 aromatic rings. The molecule has 14 heteroatoms. The lowest BCUT2D eigenvalue weighted by atomic mass is 10.2. The van der Waals surface area contributed by atoms with Gasteiger partial charge in [0.25, 0.3) is 0 Å². The molecule has 174 valence electrons. The summed E-state index contributed by atoms with van der Waals surface area (Å²) in [5.74, 6) is -1.20. The van der Waals surface area contributed by atoms with Gasteiger partial charge >= 0.3 is 12.4 Å². The highest BCUT2D eigenvalue weighted by atomic mass is 32.2. The highest BCUT2D eigenvalue weighted by molar-refractivity contribution is 7.91. The van der Waals surface area contributed by atoms with Gasteiger partial charge in [0.15, 0.2) is 21.4 Å². The average Bonchev–Trinajstić information content (AvgIpc) is 3.03. The molecule has 0 atom stereocenters. The van der Waals surface area contributed by atoms with E-state index in [4.69, 9.17) is 4.74 Å². The monoisotopic (exact) mass is 482 g/mol. The van der Waals surface area contributed by atoms with Gasteiger partial charge in [-0.3, -0.25) is 4.98 Å². The van der Waals surface area contributed by atoms with Gasteiger partial charge in [0.2, 0.25) is 5.88 Å². The van der Waals surface area contributed by atoms with Crippen molar-refractivity contribution in [3.05, 3.63) is 29.6 Å². The highest BCUT2D eigenvalue weighted by Crippen LogP contribution is 2.38. The topological polar surface area (TPSA) is 87.0 Å². The van der Waals surface area contributed by atoms with Gasteiger partial charge in [-0.15, -0.1) is 0 Å². The van der Waals surface area contributed by atoms with Crippen LogP contribution in [0.5, 0.6) is 5.88 Å². The van der Waals surface area contributed by atoms with Gasteiger partial charge in [0.1, 0.15) is 11.2 Å². The average molecular weight is 482 g/mol. The van der Waals surface area contributed by atoms with E-state index in [1.807, 2.05) is 0 Å². The van der Waals surface area contributed by atoms with Crippen molar-refractivity contribution in [1.29, 1.82) is 0 Å². The molecule has 7 nitrogen and oxygen atoms in total. The van der Waals surface area contributed by atoms with Crippen LogP contribution in [0.4, 0.5) is 26.3 Å². The van der Waals surface area contributed by atoms with Crippen molar-refractivity contribution in [2.75, 3.05) is 12.4 Å². The summed E-state index contributed by atoms with van der Waals surface area (Å²) in [7, 11) is -2.87. The quantitative estimate of drug-likeness (QED) is 0.505. The number of aromatic nitrogens is 4.